The summed E-state index contributed by atoms with van der Waals surface area (Å²) in [4.78, 5) is 4.28. The van der Waals surface area contributed by atoms with Crippen LogP contribution >= 0.6 is 0 Å². The van der Waals surface area contributed by atoms with E-state index in [9.17, 15) is 5.26 Å². The van der Waals surface area contributed by atoms with E-state index in [1.54, 1.807) is 7.11 Å². The number of methoxy groups -OCH3 is 1. The molecule has 0 spiro atoms. The molecule has 2 aromatic rings. The predicted molar refractivity (Wildman–Crippen MR) is 74.1 cm³/mol. The molecule has 0 N–H and O–H groups in total. The fourth-order valence-electron chi connectivity index (χ4n) is 2.14. The fourth-order valence-corrected chi connectivity index (χ4v) is 2.14. The van der Waals surface area contributed by atoms with Crippen molar-refractivity contribution in [2.24, 2.45) is 7.05 Å². The van der Waals surface area contributed by atoms with Crippen molar-refractivity contribution in [2.45, 2.75) is 20.8 Å². The normalized spacial score (nSPS) is 10.3. The monoisotopic (exact) mass is 255 g/mol. The van der Waals surface area contributed by atoms with Gasteiger partial charge in [0, 0.05) is 12.6 Å². The second kappa shape index (κ2) is 4.77. The largest absolute Gasteiger partial charge is 0.496 e. The van der Waals surface area contributed by atoms with Crippen LogP contribution in [0.25, 0.3) is 11.3 Å². The van der Waals surface area contributed by atoms with E-state index >= 15 is 0 Å². The van der Waals surface area contributed by atoms with Crippen molar-refractivity contribution >= 4 is 0 Å². The minimum atomic E-state index is 0.432. The molecule has 0 atom stereocenters. The third-order valence-corrected chi connectivity index (χ3v) is 3.50. The topological polar surface area (TPSA) is 50.8 Å². The van der Waals surface area contributed by atoms with Gasteiger partial charge in [-0.15, -0.1) is 0 Å². The third-order valence-electron chi connectivity index (χ3n) is 3.50. The molecule has 4 heteroatoms. The molecule has 1 aromatic heterocycles. The highest BCUT2D eigenvalue weighted by atomic mass is 16.5. The molecule has 0 saturated carbocycles. The van der Waals surface area contributed by atoms with Crippen molar-refractivity contribution in [3.63, 3.8) is 0 Å². The smallest absolute Gasteiger partial charge is 0.166 e. The molecule has 2 rings (SSSR count). The van der Waals surface area contributed by atoms with Gasteiger partial charge in [0.15, 0.2) is 5.69 Å². The Morgan fingerprint density at radius 3 is 2.42 bits per heavy atom. The number of aryl methyl sites for hydroxylation is 3. The van der Waals surface area contributed by atoms with Crippen molar-refractivity contribution < 1.29 is 4.74 Å². The second-order valence-corrected chi connectivity index (χ2v) is 4.66. The van der Waals surface area contributed by atoms with Gasteiger partial charge in [-0.2, -0.15) is 5.26 Å². The standard InChI is InChI=1S/C15H17N3O/c1-9-6-12(14(19-5)7-10(9)2)15-13(8-16)17-11(3)18(15)4/h6-7H,1-5H3. The van der Waals surface area contributed by atoms with Crippen LogP contribution in [0.3, 0.4) is 0 Å². The van der Waals surface area contributed by atoms with E-state index in [0.717, 1.165) is 28.4 Å². The van der Waals surface area contributed by atoms with Crippen LogP contribution < -0.4 is 4.74 Å². The molecule has 0 radical (unpaired) electrons. The zero-order valence-corrected chi connectivity index (χ0v) is 11.9. The molecule has 0 fully saturated rings. The lowest BCUT2D eigenvalue weighted by Crippen LogP contribution is -1.98. The number of nitriles is 1. The number of hydrogen-bond donors (Lipinski definition) is 0. The highest BCUT2D eigenvalue weighted by Gasteiger charge is 2.18. The number of nitrogens with zero attached hydrogens (tertiary/aromatic N) is 3. The zero-order valence-electron chi connectivity index (χ0n) is 11.9. The molecule has 4 nitrogen and oxygen atoms in total. The number of imidazole rings is 1. The minimum Gasteiger partial charge on any atom is -0.496 e. The van der Waals surface area contributed by atoms with Crippen LogP contribution in [0.2, 0.25) is 0 Å². The van der Waals surface area contributed by atoms with E-state index in [1.165, 1.54) is 5.56 Å². The molecule has 0 aliphatic rings. The van der Waals surface area contributed by atoms with E-state index in [-0.39, 0.29) is 0 Å². The zero-order chi connectivity index (χ0) is 14.2. The number of aromatic nitrogens is 2. The Balaban J connectivity index is 2.79. The Bertz CT molecular complexity index is 678. The van der Waals surface area contributed by atoms with E-state index in [1.807, 2.05) is 44.5 Å². The maximum Gasteiger partial charge on any atom is 0.166 e. The van der Waals surface area contributed by atoms with E-state index < -0.39 is 0 Å². The van der Waals surface area contributed by atoms with Crippen LogP contribution in [0.5, 0.6) is 5.75 Å². The summed E-state index contributed by atoms with van der Waals surface area (Å²) >= 11 is 0. The van der Waals surface area contributed by atoms with E-state index in [2.05, 4.69) is 11.1 Å². The van der Waals surface area contributed by atoms with Crippen molar-refractivity contribution in [3.8, 4) is 23.1 Å². The molecule has 0 saturated heterocycles. The first-order valence-electron chi connectivity index (χ1n) is 6.08. The highest BCUT2D eigenvalue weighted by molar-refractivity contribution is 5.73. The first-order chi connectivity index (χ1) is 8.99. The molecular formula is C15H17N3O. The molecule has 0 bridgehead atoms. The van der Waals surface area contributed by atoms with Gasteiger partial charge in [0.25, 0.3) is 0 Å². The van der Waals surface area contributed by atoms with Gasteiger partial charge in [-0.1, -0.05) is 0 Å². The summed E-state index contributed by atoms with van der Waals surface area (Å²) in [5.74, 6) is 1.58. The number of hydrogen-bond acceptors (Lipinski definition) is 3. The van der Waals surface area contributed by atoms with Crippen LogP contribution in [0.15, 0.2) is 12.1 Å². The number of benzene rings is 1. The lowest BCUT2D eigenvalue weighted by molar-refractivity contribution is 0.415. The average molecular weight is 255 g/mol. The molecule has 98 valence electrons. The quantitative estimate of drug-likeness (QED) is 0.829. The van der Waals surface area contributed by atoms with Gasteiger partial charge in [-0.05, 0) is 44.0 Å². The molecule has 0 aliphatic heterocycles. The molecular weight excluding hydrogens is 238 g/mol. The summed E-state index contributed by atoms with van der Waals surface area (Å²) in [6.07, 6.45) is 0. The van der Waals surface area contributed by atoms with E-state index in [0.29, 0.717) is 5.69 Å². The van der Waals surface area contributed by atoms with E-state index in [4.69, 9.17) is 4.74 Å². The summed E-state index contributed by atoms with van der Waals surface area (Å²) in [6.45, 7) is 5.98. The Kier molecular flexibility index (Phi) is 3.30. The van der Waals surface area contributed by atoms with Gasteiger partial charge < -0.3 is 9.30 Å². The minimum absolute atomic E-state index is 0.432. The first-order valence-corrected chi connectivity index (χ1v) is 6.08. The summed E-state index contributed by atoms with van der Waals surface area (Å²) in [5, 5.41) is 9.24. The first kappa shape index (κ1) is 13.2. The van der Waals surface area contributed by atoms with Gasteiger partial charge in [-0.3, -0.25) is 0 Å². The van der Waals surface area contributed by atoms with Crippen molar-refractivity contribution in [3.05, 3.63) is 34.8 Å². The third kappa shape index (κ3) is 2.08. The predicted octanol–water partition coefficient (Wildman–Crippen LogP) is 2.89. The van der Waals surface area contributed by atoms with Crippen molar-refractivity contribution in [2.75, 3.05) is 7.11 Å². The van der Waals surface area contributed by atoms with Gasteiger partial charge >= 0.3 is 0 Å². The fraction of sp³-hybridized carbons (Fsp3) is 0.333. The Morgan fingerprint density at radius 1 is 1.21 bits per heavy atom. The maximum atomic E-state index is 9.24. The SMILES string of the molecule is COc1cc(C)c(C)cc1-c1c(C#N)nc(C)n1C. The summed E-state index contributed by atoms with van der Waals surface area (Å²) in [6, 6.07) is 6.19. The molecule has 19 heavy (non-hydrogen) atoms. The van der Waals surface area contributed by atoms with Crippen LogP contribution in [0, 0.1) is 32.1 Å². The second-order valence-electron chi connectivity index (χ2n) is 4.66. The molecule has 0 aliphatic carbocycles. The number of ether oxygens (including phenoxy) is 1. The lowest BCUT2D eigenvalue weighted by Gasteiger charge is -2.13. The summed E-state index contributed by atoms with van der Waals surface area (Å²) in [7, 11) is 3.55. The van der Waals surface area contributed by atoms with Gasteiger partial charge in [0.05, 0.1) is 12.8 Å². The van der Waals surface area contributed by atoms with Gasteiger partial charge in [-0.25, -0.2) is 4.98 Å². The number of rotatable bonds is 2. The summed E-state index contributed by atoms with van der Waals surface area (Å²) < 4.78 is 7.37. The molecule has 1 aromatic carbocycles. The van der Waals surface area contributed by atoms with Gasteiger partial charge in [0.1, 0.15) is 17.6 Å². The lowest BCUT2D eigenvalue weighted by atomic mass is 10.0. The molecule has 0 amide bonds. The van der Waals surface area contributed by atoms with Crippen LogP contribution in [-0.2, 0) is 7.05 Å². The Labute approximate surface area is 113 Å². The average Bonchev–Trinajstić information content (AvgIpc) is 2.68. The molecule has 0 unspecified atom stereocenters. The Morgan fingerprint density at radius 2 is 1.84 bits per heavy atom. The Hall–Kier alpha value is -2.28. The van der Waals surface area contributed by atoms with Crippen molar-refractivity contribution in [1.82, 2.24) is 9.55 Å². The van der Waals surface area contributed by atoms with Crippen LogP contribution in [0.1, 0.15) is 22.6 Å². The van der Waals surface area contributed by atoms with Crippen LogP contribution in [0.4, 0.5) is 0 Å². The highest BCUT2D eigenvalue weighted by Crippen LogP contribution is 2.34. The van der Waals surface area contributed by atoms with Gasteiger partial charge in [0.2, 0.25) is 0 Å². The molecule has 1 heterocycles. The van der Waals surface area contributed by atoms with Crippen LogP contribution in [-0.4, -0.2) is 16.7 Å². The van der Waals surface area contributed by atoms with Crippen molar-refractivity contribution in [1.29, 1.82) is 5.26 Å². The summed E-state index contributed by atoms with van der Waals surface area (Å²) in [5.41, 5.74) is 4.48. The maximum absolute atomic E-state index is 9.24.